The lowest BCUT2D eigenvalue weighted by Crippen LogP contribution is -2.14. The summed E-state index contributed by atoms with van der Waals surface area (Å²) in [6.07, 6.45) is 10.1. The normalized spacial score (nSPS) is 17.0. The highest BCUT2D eigenvalue weighted by atomic mass is 16.1. The van der Waals surface area contributed by atoms with Gasteiger partial charge in [-0.15, -0.1) is 0 Å². The van der Waals surface area contributed by atoms with Crippen molar-refractivity contribution in [2.75, 3.05) is 5.73 Å². The fraction of sp³-hybridized carbons (Fsp3) is 0.667. The molecule has 1 aliphatic carbocycles. The lowest BCUT2D eigenvalue weighted by atomic mass is 9.85. The number of nitrogen functional groups attached to an aromatic ring is 1. The first kappa shape index (κ1) is 18.0. The molecule has 0 unspecified atom stereocenters. The van der Waals surface area contributed by atoms with Gasteiger partial charge in [-0.25, -0.2) is 0 Å². The van der Waals surface area contributed by atoms with E-state index in [-0.39, 0.29) is 5.41 Å². The van der Waals surface area contributed by atoms with Crippen molar-refractivity contribution in [3.05, 3.63) is 29.3 Å². The summed E-state index contributed by atoms with van der Waals surface area (Å²) < 4.78 is 0. The third-order valence-corrected chi connectivity index (χ3v) is 5.11. The number of aryl methyl sites for hydroxylation is 1. The minimum atomic E-state index is 0.0674. The van der Waals surface area contributed by atoms with Crippen LogP contribution in [0, 0.1) is 5.92 Å². The van der Waals surface area contributed by atoms with Gasteiger partial charge in [0, 0.05) is 18.5 Å². The van der Waals surface area contributed by atoms with Crippen LogP contribution in [-0.4, -0.2) is 5.78 Å². The monoisotopic (exact) mass is 315 g/mol. The zero-order chi connectivity index (χ0) is 16.9. The number of Topliss-reactive ketones (excluding diaryl/α,β-unsaturated/α-hetero) is 1. The van der Waals surface area contributed by atoms with Gasteiger partial charge >= 0.3 is 0 Å². The fourth-order valence-corrected chi connectivity index (χ4v) is 3.73. The SMILES string of the molecule is CC(C)(C)c1ccc(CCC(=O)CC2CCCCCC2)cc1N. The lowest BCUT2D eigenvalue weighted by molar-refractivity contribution is -0.120. The summed E-state index contributed by atoms with van der Waals surface area (Å²) in [7, 11) is 0. The van der Waals surface area contributed by atoms with Gasteiger partial charge in [0.25, 0.3) is 0 Å². The predicted octanol–water partition coefficient (Wildman–Crippen LogP) is 5.43. The maximum atomic E-state index is 12.3. The Hall–Kier alpha value is -1.31. The molecule has 2 rings (SSSR count). The van der Waals surface area contributed by atoms with Crippen LogP contribution < -0.4 is 5.73 Å². The van der Waals surface area contributed by atoms with Crippen molar-refractivity contribution >= 4 is 11.5 Å². The van der Waals surface area contributed by atoms with Crippen LogP contribution in [0.25, 0.3) is 0 Å². The van der Waals surface area contributed by atoms with Gasteiger partial charge in [0.05, 0.1) is 0 Å². The van der Waals surface area contributed by atoms with Gasteiger partial charge in [-0.1, -0.05) is 71.4 Å². The van der Waals surface area contributed by atoms with E-state index >= 15 is 0 Å². The number of carbonyl (C=O) groups is 1. The molecule has 1 aromatic carbocycles. The van der Waals surface area contributed by atoms with E-state index in [0.29, 0.717) is 18.1 Å². The molecular weight excluding hydrogens is 282 g/mol. The Kier molecular flexibility index (Phi) is 6.26. The Labute approximate surface area is 141 Å². The molecule has 1 saturated carbocycles. The van der Waals surface area contributed by atoms with Crippen molar-refractivity contribution in [3.63, 3.8) is 0 Å². The number of carbonyl (C=O) groups excluding carboxylic acids is 1. The summed E-state index contributed by atoms with van der Waals surface area (Å²) in [5, 5.41) is 0. The third-order valence-electron chi connectivity index (χ3n) is 5.11. The van der Waals surface area contributed by atoms with Gasteiger partial charge in [-0.2, -0.15) is 0 Å². The molecule has 0 atom stereocenters. The number of nitrogens with two attached hydrogens (primary N) is 1. The molecule has 0 bridgehead atoms. The Balaban J connectivity index is 1.85. The van der Waals surface area contributed by atoms with E-state index < -0.39 is 0 Å². The van der Waals surface area contributed by atoms with Gasteiger partial charge < -0.3 is 5.73 Å². The number of rotatable bonds is 5. The first-order valence-corrected chi connectivity index (χ1v) is 9.27. The van der Waals surface area contributed by atoms with Crippen LogP contribution in [0.5, 0.6) is 0 Å². The first-order chi connectivity index (χ1) is 10.9. The van der Waals surface area contributed by atoms with Gasteiger partial charge in [0.15, 0.2) is 0 Å². The molecule has 1 aromatic rings. The second kappa shape index (κ2) is 7.99. The van der Waals surface area contributed by atoms with E-state index in [2.05, 4.69) is 39.0 Å². The van der Waals surface area contributed by atoms with Crippen LogP contribution in [0.4, 0.5) is 5.69 Å². The Morgan fingerprint density at radius 2 is 1.78 bits per heavy atom. The quantitative estimate of drug-likeness (QED) is 0.581. The molecule has 0 aliphatic heterocycles. The maximum absolute atomic E-state index is 12.3. The molecular formula is C21H33NO. The average molecular weight is 316 g/mol. The number of ketones is 1. The summed E-state index contributed by atoms with van der Waals surface area (Å²) >= 11 is 0. The summed E-state index contributed by atoms with van der Waals surface area (Å²) in [6, 6.07) is 6.32. The number of benzene rings is 1. The summed E-state index contributed by atoms with van der Waals surface area (Å²) in [4.78, 5) is 12.3. The van der Waals surface area contributed by atoms with Crippen LogP contribution in [-0.2, 0) is 16.6 Å². The van der Waals surface area contributed by atoms with E-state index in [1.54, 1.807) is 0 Å². The van der Waals surface area contributed by atoms with E-state index in [1.807, 2.05) is 0 Å². The van der Waals surface area contributed by atoms with E-state index in [0.717, 1.165) is 18.5 Å². The predicted molar refractivity (Wildman–Crippen MR) is 98.7 cm³/mol. The topological polar surface area (TPSA) is 43.1 Å². The molecule has 2 N–H and O–H groups in total. The van der Waals surface area contributed by atoms with E-state index in [1.165, 1.54) is 49.7 Å². The van der Waals surface area contributed by atoms with Crippen LogP contribution in [0.2, 0.25) is 0 Å². The zero-order valence-corrected chi connectivity index (χ0v) is 15.2. The Morgan fingerprint density at radius 1 is 1.13 bits per heavy atom. The second-order valence-electron chi connectivity index (χ2n) is 8.27. The molecule has 0 heterocycles. The van der Waals surface area contributed by atoms with Gasteiger partial charge in [-0.3, -0.25) is 4.79 Å². The van der Waals surface area contributed by atoms with Crippen LogP contribution in [0.15, 0.2) is 18.2 Å². The van der Waals surface area contributed by atoms with Crippen LogP contribution >= 0.6 is 0 Å². The number of hydrogen-bond donors (Lipinski definition) is 1. The van der Waals surface area contributed by atoms with Crippen molar-refractivity contribution in [2.45, 2.75) is 84.0 Å². The lowest BCUT2D eigenvalue weighted by Gasteiger charge is -2.21. The highest BCUT2D eigenvalue weighted by molar-refractivity contribution is 5.79. The van der Waals surface area contributed by atoms with Crippen molar-refractivity contribution < 1.29 is 4.79 Å². The molecule has 0 amide bonds. The number of hydrogen-bond acceptors (Lipinski definition) is 2. The summed E-state index contributed by atoms with van der Waals surface area (Å²) in [5.74, 6) is 1.06. The van der Waals surface area contributed by atoms with E-state index in [4.69, 9.17) is 5.73 Å². The van der Waals surface area contributed by atoms with Crippen molar-refractivity contribution in [3.8, 4) is 0 Å². The third kappa shape index (κ3) is 5.67. The second-order valence-corrected chi connectivity index (χ2v) is 8.27. The van der Waals surface area contributed by atoms with Crippen molar-refractivity contribution in [1.29, 1.82) is 0 Å². The van der Waals surface area contributed by atoms with Crippen molar-refractivity contribution in [1.82, 2.24) is 0 Å². The summed E-state index contributed by atoms with van der Waals surface area (Å²) in [6.45, 7) is 6.53. The Bertz CT molecular complexity index is 519. The van der Waals surface area contributed by atoms with Crippen molar-refractivity contribution in [2.24, 2.45) is 5.92 Å². The molecule has 1 aliphatic rings. The largest absolute Gasteiger partial charge is 0.398 e. The highest BCUT2D eigenvalue weighted by Crippen LogP contribution is 2.29. The van der Waals surface area contributed by atoms with E-state index in [9.17, 15) is 4.79 Å². The minimum Gasteiger partial charge on any atom is -0.398 e. The van der Waals surface area contributed by atoms with Crippen LogP contribution in [0.3, 0.4) is 0 Å². The van der Waals surface area contributed by atoms with Crippen LogP contribution in [0.1, 0.15) is 83.3 Å². The van der Waals surface area contributed by atoms with Gasteiger partial charge in [-0.05, 0) is 34.9 Å². The first-order valence-electron chi connectivity index (χ1n) is 9.27. The highest BCUT2D eigenvalue weighted by Gasteiger charge is 2.18. The number of anilines is 1. The smallest absolute Gasteiger partial charge is 0.133 e. The molecule has 0 aromatic heterocycles. The zero-order valence-electron chi connectivity index (χ0n) is 15.2. The Morgan fingerprint density at radius 3 is 2.35 bits per heavy atom. The fourth-order valence-electron chi connectivity index (χ4n) is 3.73. The summed E-state index contributed by atoms with van der Waals surface area (Å²) in [5.41, 5.74) is 9.49. The van der Waals surface area contributed by atoms with Gasteiger partial charge in [0.1, 0.15) is 5.78 Å². The van der Waals surface area contributed by atoms with Gasteiger partial charge in [0.2, 0.25) is 0 Å². The molecule has 0 radical (unpaired) electrons. The molecule has 2 heteroatoms. The molecule has 23 heavy (non-hydrogen) atoms. The molecule has 0 saturated heterocycles. The molecule has 1 fully saturated rings. The molecule has 128 valence electrons. The maximum Gasteiger partial charge on any atom is 0.133 e. The standard InChI is InChI=1S/C21H33NO/c1-21(2,3)19-13-11-17(15-20(19)22)10-12-18(23)14-16-8-6-4-5-7-9-16/h11,13,15-16H,4-10,12,14,22H2,1-3H3. The molecule has 2 nitrogen and oxygen atoms in total. The molecule has 0 spiro atoms. The average Bonchev–Trinajstić information content (AvgIpc) is 2.72. The minimum absolute atomic E-state index is 0.0674.